The van der Waals surface area contributed by atoms with E-state index in [2.05, 4.69) is 40.2 Å². The van der Waals surface area contributed by atoms with Crippen LogP contribution in [0, 0.1) is 0 Å². The Morgan fingerprint density at radius 3 is 2.70 bits per heavy atom. The minimum absolute atomic E-state index is 0.0853. The summed E-state index contributed by atoms with van der Waals surface area (Å²) >= 11 is 5.90. The summed E-state index contributed by atoms with van der Waals surface area (Å²) in [5.74, 6) is 0.104. The number of ether oxygens (including phenoxy) is 1. The number of nitrogens with zero attached hydrogens (tertiary/aromatic N) is 2. The van der Waals surface area contributed by atoms with Crippen LogP contribution in [0.2, 0.25) is 0 Å². The first-order valence-electron chi connectivity index (χ1n) is 10.6. The number of aromatic nitrogens is 1. The number of para-hydroxylation sites is 1. The molecule has 6 heteroatoms. The Kier molecular flexibility index (Phi) is 4.18. The number of nitrogens with one attached hydrogen (secondary N) is 1. The molecule has 30 heavy (non-hydrogen) atoms. The number of aromatic amines is 1. The van der Waals surface area contributed by atoms with Crippen LogP contribution in [-0.2, 0) is 16.0 Å². The van der Waals surface area contributed by atoms with Gasteiger partial charge in [0.25, 0.3) is 5.91 Å². The fourth-order valence-electron chi connectivity index (χ4n) is 5.27. The number of carbonyl (C=O) groups is 1. The number of hydrogen-bond acceptors (Lipinski definition) is 3. The maximum absolute atomic E-state index is 13.5. The van der Waals surface area contributed by atoms with Crippen molar-refractivity contribution in [1.82, 2.24) is 14.8 Å². The van der Waals surface area contributed by atoms with Gasteiger partial charge in [0.05, 0.1) is 18.7 Å². The molecule has 6 rings (SSSR count). The fourth-order valence-corrected chi connectivity index (χ4v) is 5.67. The smallest absolute Gasteiger partial charge is 0.251 e. The SMILES string of the molecule is O=C1[C@@H]2Cc3c([nH]c4ccccc34)[C@@H](c3ccccc3)N2C(=S)N1C[C@@H]1CCCO1. The molecule has 1 aromatic heterocycles. The van der Waals surface area contributed by atoms with Gasteiger partial charge in [-0.1, -0.05) is 48.5 Å². The summed E-state index contributed by atoms with van der Waals surface area (Å²) < 4.78 is 5.80. The summed E-state index contributed by atoms with van der Waals surface area (Å²) in [6.45, 7) is 1.33. The van der Waals surface area contributed by atoms with Gasteiger partial charge in [0.2, 0.25) is 0 Å². The first-order valence-corrected chi connectivity index (χ1v) is 11.0. The van der Waals surface area contributed by atoms with E-state index in [1.165, 1.54) is 10.9 Å². The lowest BCUT2D eigenvalue weighted by atomic mass is 9.89. The zero-order chi connectivity index (χ0) is 20.2. The first kappa shape index (κ1) is 18.1. The Hall–Kier alpha value is -2.70. The Morgan fingerprint density at radius 1 is 1.10 bits per heavy atom. The van der Waals surface area contributed by atoms with Crippen molar-refractivity contribution in [2.75, 3.05) is 13.2 Å². The van der Waals surface area contributed by atoms with Crippen molar-refractivity contribution >= 4 is 34.1 Å². The summed E-state index contributed by atoms with van der Waals surface area (Å²) in [4.78, 5) is 21.1. The van der Waals surface area contributed by atoms with Gasteiger partial charge in [-0.2, -0.15) is 0 Å². The molecule has 2 saturated heterocycles. The van der Waals surface area contributed by atoms with Crippen molar-refractivity contribution in [3.63, 3.8) is 0 Å². The Balaban J connectivity index is 1.47. The average Bonchev–Trinajstić information content (AvgIpc) is 3.48. The summed E-state index contributed by atoms with van der Waals surface area (Å²) in [5, 5.41) is 1.82. The molecule has 0 spiro atoms. The number of carbonyl (C=O) groups excluding carboxylic acids is 1. The molecule has 0 aliphatic carbocycles. The van der Waals surface area contributed by atoms with Crippen LogP contribution in [0.1, 0.15) is 35.7 Å². The molecule has 2 fully saturated rings. The normalized spacial score (nSPS) is 25.8. The van der Waals surface area contributed by atoms with Crippen molar-refractivity contribution in [2.24, 2.45) is 0 Å². The molecule has 5 nitrogen and oxygen atoms in total. The van der Waals surface area contributed by atoms with Crippen LogP contribution >= 0.6 is 12.2 Å². The Bertz CT molecular complexity index is 1140. The number of benzene rings is 2. The Morgan fingerprint density at radius 2 is 1.90 bits per heavy atom. The molecular weight excluding hydrogens is 394 g/mol. The van der Waals surface area contributed by atoms with Crippen LogP contribution in [0.3, 0.4) is 0 Å². The van der Waals surface area contributed by atoms with Gasteiger partial charge >= 0.3 is 0 Å². The van der Waals surface area contributed by atoms with Gasteiger partial charge in [0.15, 0.2) is 5.11 Å². The summed E-state index contributed by atoms with van der Waals surface area (Å²) in [5.41, 5.74) is 4.63. The molecular formula is C24H23N3O2S. The van der Waals surface area contributed by atoms with Gasteiger partial charge in [-0.05, 0) is 42.3 Å². The lowest BCUT2D eigenvalue weighted by molar-refractivity contribution is -0.129. The van der Waals surface area contributed by atoms with Gasteiger partial charge in [-0.25, -0.2) is 0 Å². The van der Waals surface area contributed by atoms with Crippen LogP contribution in [0.5, 0.6) is 0 Å². The molecule has 3 atom stereocenters. The number of fused-ring (bicyclic) bond motifs is 4. The molecule has 1 amide bonds. The number of amides is 1. The summed E-state index contributed by atoms with van der Waals surface area (Å²) in [6.07, 6.45) is 2.80. The molecule has 152 valence electrons. The van der Waals surface area contributed by atoms with Crippen LogP contribution in [0.4, 0.5) is 0 Å². The van der Waals surface area contributed by atoms with Gasteiger partial charge in [-0.3, -0.25) is 9.69 Å². The molecule has 3 aliphatic heterocycles. The number of thiocarbonyl (C=S) groups is 1. The van der Waals surface area contributed by atoms with Crippen molar-refractivity contribution in [3.8, 4) is 0 Å². The predicted octanol–water partition coefficient (Wildman–Crippen LogP) is 3.79. The number of H-pyrrole nitrogens is 1. The van der Waals surface area contributed by atoms with E-state index in [1.54, 1.807) is 4.90 Å². The quantitative estimate of drug-likeness (QED) is 0.659. The van der Waals surface area contributed by atoms with Crippen molar-refractivity contribution < 1.29 is 9.53 Å². The minimum Gasteiger partial charge on any atom is -0.376 e. The molecule has 4 heterocycles. The van der Waals surface area contributed by atoms with Crippen molar-refractivity contribution in [3.05, 3.63) is 71.4 Å². The van der Waals surface area contributed by atoms with Gasteiger partial charge < -0.3 is 14.6 Å². The predicted molar refractivity (Wildman–Crippen MR) is 119 cm³/mol. The standard InChI is InChI=1S/C24H23N3O2S/c28-23-20-13-18-17-10-4-5-11-19(17)25-21(18)22(15-7-2-1-3-8-15)27(20)24(30)26(23)14-16-9-6-12-29-16/h1-5,7-8,10-11,16,20,22,25H,6,9,12-14H2/t16-,20-,22+/m0/s1. The fraction of sp³-hybridized carbons (Fsp3) is 0.333. The average molecular weight is 418 g/mol. The highest BCUT2D eigenvalue weighted by Gasteiger charge is 2.50. The third-order valence-electron chi connectivity index (χ3n) is 6.66. The van der Waals surface area contributed by atoms with E-state index in [0.29, 0.717) is 18.1 Å². The molecule has 2 aromatic carbocycles. The third kappa shape index (κ3) is 2.63. The second-order valence-electron chi connectivity index (χ2n) is 8.37. The van der Waals surface area contributed by atoms with E-state index in [9.17, 15) is 4.79 Å². The summed E-state index contributed by atoms with van der Waals surface area (Å²) in [6, 6.07) is 18.3. The zero-order valence-corrected chi connectivity index (χ0v) is 17.4. The van der Waals surface area contributed by atoms with E-state index in [-0.39, 0.29) is 24.1 Å². The molecule has 1 N–H and O–H groups in total. The van der Waals surface area contributed by atoms with E-state index < -0.39 is 0 Å². The van der Waals surface area contributed by atoms with Crippen LogP contribution in [0.25, 0.3) is 10.9 Å². The van der Waals surface area contributed by atoms with E-state index in [4.69, 9.17) is 17.0 Å². The summed E-state index contributed by atoms with van der Waals surface area (Å²) in [7, 11) is 0. The highest BCUT2D eigenvalue weighted by atomic mass is 32.1. The van der Waals surface area contributed by atoms with E-state index >= 15 is 0 Å². The number of hydrogen-bond donors (Lipinski definition) is 1. The monoisotopic (exact) mass is 417 g/mol. The number of rotatable bonds is 3. The molecule has 0 saturated carbocycles. The van der Waals surface area contributed by atoms with Gasteiger partial charge in [-0.15, -0.1) is 0 Å². The lowest BCUT2D eigenvalue weighted by Gasteiger charge is -2.37. The van der Waals surface area contributed by atoms with Gasteiger partial charge in [0, 0.05) is 29.6 Å². The van der Waals surface area contributed by atoms with Gasteiger partial charge in [0.1, 0.15) is 6.04 Å². The van der Waals surface area contributed by atoms with Crippen molar-refractivity contribution in [1.29, 1.82) is 0 Å². The highest BCUT2D eigenvalue weighted by Crippen LogP contribution is 2.44. The van der Waals surface area contributed by atoms with E-state index in [0.717, 1.165) is 36.2 Å². The topological polar surface area (TPSA) is 48.6 Å². The largest absolute Gasteiger partial charge is 0.376 e. The third-order valence-corrected chi connectivity index (χ3v) is 7.09. The van der Waals surface area contributed by atoms with Crippen LogP contribution < -0.4 is 0 Å². The highest BCUT2D eigenvalue weighted by molar-refractivity contribution is 7.80. The second-order valence-corrected chi connectivity index (χ2v) is 8.73. The van der Waals surface area contributed by atoms with E-state index in [1.807, 2.05) is 24.3 Å². The maximum atomic E-state index is 13.5. The maximum Gasteiger partial charge on any atom is 0.251 e. The molecule has 3 aliphatic rings. The van der Waals surface area contributed by atoms with Crippen LogP contribution in [0.15, 0.2) is 54.6 Å². The second kappa shape index (κ2) is 6.93. The lowest BCUT2D eigenvalue weighted by Crippen LogP contribution is -2.44. The minimum atomic E-state index is -0.268. The first-order chi connectivity index (χ1) is 14.7. The zero-order valence-electron chi connectivity index (χ0n) is 16.6. The molecule has 3 aromatic rings. The Labute approximate surface area is 180 Å². The molecule has 0 radical (unpaired) electrons. The van der Waals surface area contributed by atoms with Crippen LogP contribution in [-0.4, -0.2) is 51.1 Å². The van der Waals surface area contributed by atoms with Crippen molar-refractivity contribution in [2.45, 2.75) is 37.5 Å². The molecule has 0 bridgehead atoms. The molecule has 0 unspecified atom stereocenters.